The number of piperidine rings is 1. The Hall–Kier alpha value is -4.02. The normalized spacial score (nSPS) is 17.7. The van der Waals surface area contributed by atoms with Gasteiger partial charge in [-0.2, -0.15) is 18.2 Å². The zero-order valence-corrected chi connectivity index (χ0v) is 25.4. The number of nitrogens with one attached hydrogen (secondary N) is 1. The predicted octanol–water partition coefficient (Wildman–Crippen LogP) is 1.49. The summed E-state index contributed by atoms with van der Waals surface area (Å²) in [4.78, 5) is 56.6. The average molecular weight is 639 g/mol. The summed E-state index contributed by atoms with van der Waals surface area (Å²) in [5.74, 6) is -2.13. The number of anilines is 1. The second-order valence-corrected chi connectivity index (χ2v) is 11.7. The summed E-state index contributed by atoms with van der Waals surface area (Å²) in [6, 6.07) is 9.16. The van der Waals surface area contributed by atoms with Crippen LogP contribution in [0.5, 0.6) is 0 Å². The summed E-state index contributed by atoms with van der Waals surface area (Å²) in [6.07, 6.45) is -0.169. The molecule has 2 aliphatic rings. The van der Waals surface area contributed by atoms with Crippen molar-refractivity contribution in [2.45, 2.75) is 44.8 Å². The van der Waals surface area contributed by atoms with E-state index in [2.05, 4.69) is 21.3 Å². The van der Waals surface area contributed by atoms with Crippen LogP contribution < -0.4 is 22.5 Å². The number of halogens is 3. The minimum Gasteiger partial charge on any atom is -0.475 e. The quantitative estimate of drug-likeness (QED) is 0.350. The molecule has 4 rings (SSSR count). The number of carbonyl (C=O) groups is 3. The molecule has 248 valence electrons. The van der Waals surface area contributed by atoms with Gasteiger partial charge in [-0.1, -0.05) is 12.1 Å². The molecule has 1 aromatic heterocycles. The summed E-state index contributed by atoms with van der Waals surface area (Å²) >= 11 is 0. The van der Waals surface area contributed by atoms with Crippen LogP contribution in [-0.2, 0) is 16.0 Å². The van der Waals surface area contributed by atoms with E-state index in [4.69, 9.17) is 21.4 Å². The molecular formula is C29H41F3N8O5. The fourth-order valence-corrected chi connectivity index (χ4v) is 5.07. The summed E-state index contributed by atoms with van der Waals surface area (Å²) in [7, 11) is 0. The molecule has 1 aromatic carbocycles. The zero-order chi connectivity index (χ0) is 33.4. The van der Waals surface area contributed by atoms with Crippen LogP contribution in [0, 0.1) is 5.92 Å². The maximum Gasteiger partial charge on any atom is 0.490 e. The van der Waals surface area contributed by atoms with Crippen molar-refractivity contribution in [3.8, 4) is 5.69 Å². The van der Waals surface area contributed by atoms with Gasteiger partial charge in [0.25, 0.3) is 0 Å². The van der Waals surface area contributed by atoms with E-state index < -0.39 is 23.4 Å². The number of amides is 3. The first-order chi connectivity index (χ1) is 21.1. The summed E-state index contributed by atoms with van der Waals surface area (Å²) in [5.41, 5.74) is 12.2. The Bertz CT molecular complexity index is 1390. The van der Waals surface area contributed by atoms with Crippen LogP contribution in [0.2, 0.25) is 0 Å². The van der Waals surface area contributed by atoms with E-state index in [1.807, 2.05) is 18.2 Å². The monoisotopic (exact) mass is 638 g/mol. The van der Waals surface area contributed by atoms with Crippen LogP contribution in [0.1, 0.15) is 32.3 Å². The van der Waals surface area contributed by atoms with Gasteiger partial charge in [-0.15, -0.1) is 0 Å². The van der Waals surface area contributed by atoms with Gasteiger partial charge < -0.3 is 31.3 Å². The first-order valence-electron chi connectivity index (χ1n) is 14.6. The van der Waals surface area contributed by atoms with Crippen molar-refractivity contribution in [3.05, 3.63) is 52.6 Å². The van der Waals surface area contributed by atoms with Crippen molar-refractivity contribution in [3.63, 3.8) is 0 Å². The van der Waals surface area contributed by atoms with E-state index in [9.17, 15) is 27.6 Å². The van der Waals surface area contributed by atoms with Gasteiger partial charge in [-0.25, -0.2) is 14.4 Å². The number of carboxylic acids is 1. The first-order valence-corrected chi connectivity index (χ1v) is 14.6. The molecule has 45 heavy (non-hydrogen) atoms. The first kappa shape index (κ1) is 35.5. The second-order valence-electron chi connectivity index (χ2n) is 11.7. The molecule has 2 fully saturated rings. The van der Waals surface area contributed by atoms with Gasteiger partial charge in [0.2, 0.25) is 5.91 Å². The van der Waals surface area contributed by atoms with E-state index >= 15 is 0 Å². The Morgan fingerprint density at radius 1 is 1.07 bits per heavy atom. The van der Waals surface area contributed by atoms with E-state index in [1.165, 1.54) is 17.4 Å². The number of likely N-dealkylation sites (tertiary alicyclic amines) is 1. The molecule has 0 spiro atoms. The predicted molar refractivity (Wildman–Crippen MR) is 161 cm³/mol. The Labute approximate surface area is 259 Å². The number of carbonyl (C=O) groups excluding carboxylic acids is 2. The van der Waals surface area contributed by atoms with Crippen molar-refractivity contribution < 1.29 is 32.7 Å². The minimum absolute atomic E-state index is 0.140. The molecule has 3 amide bonds. The average Bonchev–Trinajstić information content (AvgIpc) is 2.99. The molecule has 2 saturated heterocycles. The number of nitrogens with zero attached hydrogens (tertiary/aromatic N) is 5. The highest BCUT2D eigenvalue weighted by molar-refractivity contribution is 5.89. The van der Waals surface area contributed by atoms with E-state index in [0.717, 1.165) is 43.9 Å². The number of aromatic nitrogens is 2. The number of carboxylic acid groups (broad SMARTS) is 1. The van der Waals surface area contributed by atoms with E-state index in [-0.39, 0.29) is 17.8 Å². The van der Waals surface area contributed by atoms with Gasteiger partial charge in [0, 0.05) is 45.5 Å². The molecule has 3 heterocycles. The second kappa shape index (κ2) is 15.3. The highest BCUT2D eigenvalue weighted by atomic mass is 19.4. The lowest BCUT2D eigenvalue weighted by Gasteiger charge is -2.37. The Morgan fingerprint density at radius 2 is 1.71 bits per heavy atom. The third-order valence-corrected chi connectivity index (χ3v) is 7.53. The Kier molecular flexibility index (Phi) is 12.1. The lowest BCUT2D eigenvalue weighted by atomic mass is 9.98. The van der Waals surface area contributed by atoms with Gasteiger partial charge >= 0.3 is 23.9 Å². The van der Waals surface area contributed by atoms with Gasteiger partial charge in [-0.3, -0.25) is 14.7 Å². The number of nitrogens with two attached hydrogens (primary N) is 2. The molecule has 0 aliphatic carbocycles. The SMILES string of the molecule is CC(C)(N)C(=O)N1CCN(C(=O)Nc2ccn(-c3cccc(CCN4CCCC(CN)C4)c3)c(=O)n2)CC1.O=C(O)C(F)(F)F. The number of hydrogen-bond acceptors (Lipinski definition) is 8. The third kappa shape index (κ3) is 10.5. The van der Waals surface area contributed by atoms with Crippen LogP contribution in [-0.4, -0.2) is 111 Å². The molecule has 13 nitrogen and oxygen atoms in total. The van der Waals surface area contributed by atoms with Crippen molar-refractivity contribution >= 4 is 23.7 Å². The Morgan fingerprint density at radius 3 is 2.29 bits per heavy atom. The Balaban J connectivity index is 0.000000707. The highest BCUT2D eigenvalue weighted by Gasteiger charge is 2.38. The van der Waals surface area contributed by atoms with Gasteiger partial charge in [0.1, 0.15) is 5.82 Å². The standard InChI is InChI=1S/C27H40N8O3.C2HF3O2/c1-27(2,29)24(36)33-13-15-34(16-14-33)25(37)30-23-9-12-35(26(38)31-23)22-7-3-5-20(17-22)8-11-32-10-4-6-21(18-28)19-32;3-2(4,5)1(6)7/h3,5,7,9,12,17,21H,4,6,8,10-11,13-16,18-19,28-29H2,1-2H3,(H,30,31,37,38);(H,6,7). The highest BCUT2D eigenvalue weighted by Crippen LogP contribution is 2.17. The number of hydrogen-bond donors (Lipinski definition) is 4. The summed E-state index contributed by atoms with van der Waals surface area (Å²) in [5, 5.41) is 9.83. The molecule has 16 heteroatoms. The smallest absolute Gasteiger partial charge is 0.475 e. The molecule has 0 saturated carbocycles. The van der Waals surface area contributed by atoms with Crippen LogP contribution in [0.25, 0.3) is 5.69 Å². The number of piperazine rings is 1. The number of rotatable bonds is 7. The van der Waals surface area contributed by atoms with Crippen LogP contribution in [0.4, 0.5) is 23.8 Å². The number of alkyl halides is 3. The van der Waals surface area contributed by atoms with E-state index in [0.29, 0.717) is 32.1 Å². The molecule has 1 atom stereocenters. The summed E-state index contributed by atoms with van der Waals surface area (Å²) < 4.78 is 33.2. The third-order valence-electron chi connectivity index (χ3n) is 7.53. The fraction of sp³-hybridized carbons (Fsp3) is 0.552. The maximum absolute atomic E-state index is 12.8. The number of urea groups is 1. The van der Waals surface area contributed by atoms with Crippen molar-refractivity contribution in [1.82, 2.24) is 24.3 Å². The fourth-order valence-electron chi connectivity index (χ4n) is 5.07. The maximum atomic E-state index is 12.8. The molecular weight excluding hydrogens is 597 g/mol. The molecule has 2 aliphatic heterocycles. The molecule has 2 aromatic rings. The summed E-state index contributed by atoms with van der Waals surface area (Å²) in [6.45, 7) is 8.76. The van der Waals surface area contributed by atoms with Crippen LogP contribution in [0.15, 0.2) is 41.3 Å². The topological polar surface area (TPSA) is 180 Å². The number of benzene rings is 1. The minimum atomic E-state index is -5.08. The van der Waals surface area contributed by atoms with Crippen molar-refractivity contribution in [2.24, 2.45) is 17.4 Å². The lowest BCUT2D eigenvalue weighted by Crippen LogP contribution is -2.58. The van der Waals surface area contributed by atoms with Crippen LogP contribution >= 0.6 is 0 Å². The van der Waals surface area contributed by atoms with E-state index in [1.54, 1.807) is 35.9 Å². The van der Waals surface area contributed by atoms with Crippen molar-refractivity contribution in [1.29, 1.82) is 0 Å². The molecule has 6 N–H and O–H groups in total. The van der Waals surface area contributed by atoms with Crippen LogP contribution in [0.3, 0.4) is 0 Å². The van der Waals surface area contributed by atoms with Gasteiger partial charge in [-0.05, 0) is 75.9 Å². The van der Waals surface area contributed by atoms with Crippen molar-refractivity contribution in [2.75, 3.05) is 57.7 Å². The number of aliphatic carboxylic acids is 1. The van der Waals surface area contributed by atoms with Gasteiger partial charge in [0.05, 0.1) is 11.2 Å². The molecule has 0 bridgehead atoms. The molecule has 1 unspecified atom stereocenters. The largest absolute Gasteiger partial charge is 0.490 e. The molecule has 0 radical (unpaired) electrons. The van der Waals surface area contributed by atoms with Gasteiger partial charge in [0.15, 0.2) is 0 Å². The zero-order valence-electron chi connectivity index (χ0n) is 25.4. The lowest BCUT2D eigenvalue weighted by molar-refractivity contribution is -0.192.